The molecule has 0 amide bonds. The SMILES string of the molecule is CCCCCCCCCCCCOP(=O)(OC(CCCCCCCC)C(O)CCCCCCCC)OC(CCCCCCCC)C(O)CCCCCCCC. The summed E-state index contributed by atoms with van der Waals surface area (Å²) in [6.45, 7) is 11.5. The molecule has 7 heteroatoms. The van der Waals surface area contributed by atoms with Crippen molar-refractivity contribution in [3.05, 3.63) is 0 Å². The first-order valence-corrected chi connectivity index (χ1v) is 26.3. The van der Waals surface area contributed by atoms with Gasteiger partial charge in [0.05, 0.1) is 31.0 Å². The Hall–Kier alpha value is 0.0300. The van der Waals surface area contributed by atoms with Gasteiger partial charge in [-0.1, -0.05) is 247 Å². The number of aliphatic hydroxyl groups excluding tert-OH is 2. The van der Waals surface area contributed by atoms with Crippen LogP contribution in [0.25, 0.3) is 0 Å². The van der Waals surface area contributed by atoms with Gasteiger partial charge in [-0.3, -0.25) is 13.6 Å². The van der Waals surface area contributed by atoms with Crippen molar-refractivity contribution in [1.82, 2.24) is 0 Å². The van der Waals surface area contributed by atoms with Crippen LogP contribution in [0.4, 0.5) is 0 Å². The smallest absolute Gasteiger partial charge is 0.390 e. The van der Waals surface area contributed by atoms with E-state index in [2.05, 4.69) is 34.6 Å². The third kappa shape index (κ3) is 35.7. The largest absolute Gasteiger partial charge is 0.475 e. The molecule has 0 aliphatic rings. The lowest BCUT2D eigenvalue weighted by molar-refractivity contribution is -0.0406. The second kappa shape index (κ2) is 42.2. The molecule has 0 heterocycles. The number of hydrogen-bond donors (Lipinski definition) is 2. The first kappa shape index (κ1) is 55.0. The van der Waals surface area contributed by atoms with Crippen molar-refractivity contribution >= 4 is 7.82 Å². The Balaban J connectivity index is 5.84. The van der Waals surface area contributed by atoms with Crippen LogP contribution in [0.1, 0.15) is 279 Å². The highest BCUT2D eigenvalue weighted by molar-refractivity contribution is 7.48. The molecule has 0 aromatic heterocycles. The first-order valence-electron chi connectivity index (χ1n) is 24.8. The monoisotopic (exact) mass is 803 g/mol. The van der Waals surface area contributed by atoms with Gasteiger partial charge in [-0.15, -0.1) is 0 Å². The fourth-order valence-electron chi connectivity index (χ4n) is 7.70. The molecule has 0 aromatic carbocycles. The Morgan fingerprint density at radius 2 is 0.582 bits per heavy atom. The topological polar surface area (TPSA) is 85.2 Å². The molecule has 0 spiro atoms. The van der Waals surface area contributed by atoms with Crippen molar-refractivity contribution < 1.29 is 28.3 Å². The molecule has 55 heavy (non-hydrogen) atoms. The molecule has 4 atom stereocenters. The molecule has 0 rings (SSSR count). The minimum absolute atomic E-state index is 0.308. The summed E-state index contributed by atoms with van der Waals surface area (Å²) in [5.41, 5.74) is 0. The van der Waals surface area contributed by atoms with Crippen LogP contribution in [0, 0.1) is 0 Å². The average molecular weight is 803 g/mol. The standard InChI is InChI=1S/C48H99O6P/c1-6-11-16-21-26-27-28-29-34-39-44-52-55(51,53-47(42-37-32-24-19-14-9-4)45(49)40-35-30-22-17-12-7-2)54-48(43-38-33-25-20-15-10-5)46(50)41-36-31-23-18-13-8-3/h45-50H,6-44H2,1-5H3. The zero-order valence-corrected chi connectivity index (χ0v) is 38.8. The van der Waals surface area contributed by atoms with E-state index in [0.717, 1.165) is 70.6 Å². The predicted octanol–water partition coefficient (Wildman–Crippen LogP) is 16.5. The van der Waals surface area contributed by atoms with Crippen LogP contribution in [0.15, 0.2) is 0 Å². The predicted molar refractivity (Wildman–Crippen MR) is 239 cm³/mol. The number of aliphatic hydroxyl groups is 2. The molecular weight excluding hydrogens is 703 g/mol. The van der Waals surface area contributed by atoms with E-state index in [0.29, 0.717) is 32.3 Å². The highest BCUT2D eigenvalue weighted by Gasteiger charge is 2.38. The molecule has 2 N–H and O–H groups in total. The Morgan fingerprint density at radius 3 is 0.873 bits per heavy atom. The third-order valence-corrected chi connectivity index (χ3v) is 13.1. The zero-order chi connectivity index (χ0) is 40.5. The molecular formula is C48H99O6P. The Kier molecular flexibility index (Phi) is 42.2. The maximum Gasteiger partial charge on any atom is 0.475 e. The Labute approximate surface area is 344 Å². The Morgan fingerprint density at radius 1 is 0.345 bits per heavy atom. The second-order valence-electron chi connectivity index (χ2n) is 17.1. The number of unbranched alkanes of at least 4 members (excludes halogenated alkanes) is 29. The summed E-state index contributed by atoms with van der Waals surface area (Å²) in [5, 5.41) is 23.1. The lowest BCUT2D eigenvalue weighted by Gasteiger charge is -2.31. The normalized spacial score (nSPS) is 15.3. The maximum absolute atomic E-state index is 14.9. The van der Waals surface area contributed by atoms with Crippen molar-refractivity contribution in [2.75, 3.05) is 6.61 Å². The minimum atomic E-state index is -4.08. The summed E-state index contributed by atoms with van der Waals surface area (Å²) in [7, 11) is -4.08. The van der Waals surface area contributed by atoms with E-state index in [1.165, 1.54) is 148 Å². The second-order valence-corrected chi connectivity index (χ2v) is 18.7. The van der Waals surface area contributed by atoms with Crippen molar-refractivity contribution in [2.45, 2.75) is 303 Å². The van der Waals surface area contributed by atoms with Crippen LogP contribution in [-0.2, 0) is 18.1 Å². The van der Waals surface area contributed by atoms with E-state index in [-0.39, 0.29) is 0 Å². The summed E-state index contributed by atoms with van der Waals surface area (Å²) < 4.78 is 34.0. The van der Waals surface area contributed by atoms with Crippen LogP contribution in [0.5, 0.6) is 0 Å². The van der Waals surface area contributed by atoms with Crippen molar-refractivity contribution in [2.24, 2.45) is 0 Å². The van der Waals surface area contributed by atoms with Gasteiger partial charge in [-0.25, -0.2) is 4.57 Å². The van der Waals surface area contributed by atoms with Crippen LogP contribution >= 0.6 is 7.82 Å². The molecule has 0 fully saturated rings. The van der Waals surface area contributed by atoms with Crippen LogP contribution in [-0.4, -0.2) is 41.2 Å². The quantitative estimate of drug-likeness (QED) is 0.0471. The lowest BCUT2D eigenvalue weighted by atomic mass is 9.99. The van der Waals surface area contributed by atoms with Gasteiger partial charge in [-0.2, -0.15) is 0 Å². The molecule has 332 valence electrons. The molecule has 0 aromatic rings. The van der Waals surface area contributed by atoms with Crippen molar-refractivity contribution in [3.63, 3.8) is 0 Å². The molecule has 0 bridgehead atoms. The summed E-state index contributed by atoms with van der Waals surface area (Å²) >= 11 is 0. The van der Waals surface area contributed by atoms with E-state index < -0.39 is 32.2 Å². The highest BCUT2D eigenvalue weighted by Crippen LogP contribution is 2.54. The van der Waals surface area contributed by atoms with E-state index in [1.54, 1.807) is 0 Å². The molecule has 0 saturated heterocycles. The molecule has 0 aliphatic heterocycles. The number of hydrogen-bond acceptors (Lipinski definition) is 6. The molecule has 4 unspecified atom stereocenters. The van der Waals surface area contributed by atoms with Gasteiger partial charge in [0.1, 0.15) is 0 Å². The van der Waals surface area contributed by atoms with Crippen LogP contribution in [0.3, 0.4) is 0 Å². The average Bonchev–Trinajstić information content (AvgIpc) is 3.18. The summed E-state index contributed by atoms with van der Waals surface area (Å²) in [6, 6.07) is 0. The maximum atomic E-state index is 14.9. The van der Waals surface area contributed by atoms with Crippen molar-refractivity contribution in [3.8, 4) is 0 Å². The highest BCUT2D eigenvalue weighted by atomic mass is 31.2. The fraction of sp³-hybridized carbons (Fsp3) is 1.00. The fourth-order valence-corrected chi connectivity index (χ4v) is 9.38. The zero-order valence-electron chi connectivity index (χ0n) is 37.9. The first-order chi connectivity index (χ1) is 26.9. The summed E-state index contributed by atoms with van der Waals surface area (Å²) in [6.07, 6.45) is 39.6. The third-order valence-electron chi connectivity index (χ3n) is 11.5. The molecule has 0 aliphatic carbocycles. The van der Waals surface area contributed by atoms with Gasteiger partial charge < -0.3 is 10.2 Å². The van der Waals surface area contributed by atoms with Gasteiger partial charge in [-0.05, 0) is 32.1 Å². The van der Waals surface area contributed by atoms with Crippen molar-refractivity contribution in [1.29, 1.82) is 0 Å². The van der Waals surface area contributed by atoms with E-state index in [1.807, 2.05) is 0 Å². The molecule has 6 nitrogen and oxygen atoms in total. The molecule has 0 saturated carbocycles. The lowest BCUT2D eigenvalue weighted by Crippen LogP contribution is -2.32. The van der Waals surface area contributed by atoms with E-state index in [9.17, 15) is 14.8 Å². The van der Waals surface area contributed by atoms with E-state index >= 15 is 0 Å². The van der Waals surface area contributed by atoms with Crippen LogP contribution < -0.4 is 0 Å². The number of phosphoric ester groups is 1. The Bertz CT molecular complexity index is 748. The minimum Gasteiger partial charge on any atom is -0.390 e. The number of rotatable bonds is 46. The number of phosphoric acid groups is 1. The van der Waals surface area contributed by atoms with Crippen LogP contribution in [0.2, 0.25) is 0 Å². The summed E-state index contributed by atoms with van der Waals surface area (Å²) in [5.74, 6) is 0. The van der Waals surface area contributed by atoms with Gasteiger partial charge >= 0.3 is 7.82 Å². The van der Waals surface area contributed by atoms with Gasteiger partial charge in [0.25, 0.3) is 0 Å². The molecule has 0 radical (unpaired) electrons. The van der Waals surface area contributed by atoms with E-state index in [4.69, 9.17) is 13.6 Å². The van der Waals surface area contributed by atoms with Gasteiger partial charge in [0.15, 0.2) is 0 Å². The van der Waals surface area contributed by atoms with Gasteiger partial charge in [0.2, 0.25) is 0 Å². The van der Waals surface area contributed by atoms with Gasteiger partial charge in [0, 0.05) is 0 Å². The summed E-state index contributed by atoms with van der Waals surface area (Å²) in [4.78, 5) is 0.